The van der Waals surface area contributed by atoms with Crippen LogP contribution < -0.4 is 10.5 Å². The summed E-state index contributed by atoms with van der Waals surface area (Å²) in [6.45, 7) is 1.40. The van der Waals surface area contributed by atoms with Crippen molar-refractivity contribution in [2.24, 2.45) is 0 Å². The fourth-order valence-electron chi connectivity index (χ4n) is 1.13. The lowest BCUT2D eigenvalue weighted by molar-refractivity contribution is 0.0589. The first-order valence-electron chi connectivity index (χ1n) is 4.10. The van der Waals surface area contributed by atoms with Crippen LogP contribution in [0, 0.1) is 12.7 Å². The Kier molecular flexibility index (Phi) is 3.08. The second-order valence-corrected chi connectivity index (χ2v) is 2.80. The lowest BCUT2D eigenvalue weighted by Crippen LogP contribution is -2.12. The Labute approximate surface area is 86.0 Å². The summed E-state index contributed by atoms with van der Waals surface area (Å²) >= 11 is 0. The van der Waals surface area contributed by atoms with E-state index in [0.717, 1.165) is 0 Å². The highest BCUT2D eigenvalue weighted by atomic mass is 19.1. The van der Waals surface area contributed by atoms with E-state index in [-0.39, 0.29) is 22.8 Å². The average molecular weight is 214 g/mol. The number of aromatic nitrogens is 1. The SMILES string of the molecule is COC(=O)c1nc(C)c(F)c(N)c1OC. The topological polar surface area (TPSA) is 74.4 Å². The summed E-state index contributed by atoms with van der Waals surface area (Å²) < 4.78 is 22.6. The van der Waals surface area contributed by atoms with Crippen LogP contribution in [0.25, 0.3) is 0 Å². The maximum atomic E-state index is 13.3. The number of carbonyl (C=O) groups excluding carboxylic acids is 1. The van der Waals surface area contributed by atoms with Gasteiger partial charge in [0.1, 0.15) is 5.69 Å². The summed E-state index contributed by atoms with van der Waals surface area (Å²) in [5, 5.41) is 0. The molecule has 15 heavy (non-hydrogen) atoms. The fourth-order valence-corrected chi connectivity index (χ4v) is 1.13. The number of ether oxygens (including phenoxy) is 2. The molecule has 6 heteroatoms. The standard InChI is InChI=1S/C9H11FN2O3/c1-4-5(10)6(11)8(14-2)7(12-4)9(13)15-3/h1-3H3,(H2,11,12). The summed E-state index contributed by atoms with van der Waals surface area (Å²) in [7, 11) is 2.47. The van der Waals surface area contributed by atoms with Crippen LogP contribution in [0.4, 0.5) is 10.1 Å². The summed E-state index contributed by atoms with van der Waals surface area (Å²) in [6.07, 6.45) is 0. The van der Waals surface area contributed by atoms with Gasteiger partial charge in [-0.25, -0.2) is 14.2 Å². The van der Waals surface area contributed by atoms with Crippen molar-refractivity contribution in [1.29, 1.82) is 0 Å². The number of halogens is 1. The molecule has 0 radical (unpaired) electrons. The van der Waals surface area contributed by atoms with E-state index in [2.05, 4.69) is 9.72 Å². The molecule has 0 aromatic carbocycles. The molecule has 5 nitrogen and oxygen atoms in total. The van der Waals surface area contributed by atoms with Crippen molar-refractivity contribution in [3.63, 3.8) is 0 Å². The van der Waals surface area contributed by atoms with Crippen LogP contribution in [0.15, 0.2) is 0 Å². The number of hydrogen-bond donors (Lipinski definition) is 1. The first-order valence-corrected chi connectivity index (χ1v) is 4.10. The molecule has 82 valence electrons. The minimum absolute atomic E-state index is 0.0219. The van der Waals surface area contributed by atoms with Crippen molar-refractivity contribution < 1.29 is 18.7 Å². The quantitative estimate of drug-likeness (QED) is 0.740. The van der Waals surface area contributed by atoms with Crippen LogP contribution in [-0.4, -0.2) is 25.2 Å². The van der Waals surface area contributed by atoms with E-state index in [9.17, 15) is 9.18 Å². The summed E-state index contributed by atoms with van der Waals surface area (Å²) in [4.78, 5) is 15.0. The number of rotatable bonds is 2. The summed E-state index contributed by atoms with van der Waals surface area (Å²) in [6, 6.07) is 0. The third-order valence-electron chi connectivity index (χ3n) is 1.88. The van der Waals surface area contributed by atoms with E-state index < -0.39 is 11.8 Å². The Morgan fingerprint density at radius 1 is 1.47 bits per heavy atom. The molecule has 0 unspecified atom stereocenters. The van der Waals surface area contributed by atoms with Crippen LogP contribution in [0.1, 0.15) is 16.2 Å². The van der Waals surface area contributed by atoms with Gasteiger partial charge < -0.3 is 15.2 Å². The summed E-state index contributed by atoms with van der Waals surface area (Å²) in [5.74, 6) is -1.52. The largest absolute Gasteiger partial charge is 0.492 e. The zero-order valence-electron chi connectivity index (χ0n) is 8.63. The number of anilines is 1. The number of nitrogens with two attached hydrogens (primary N) is 1. The smallest absolute Gasteiger partial charge is 0.360 e. The third-order valence-corrected chi connectivity index (χ3v) is 1.88. The maximum Gasteiger partial charge on any atom is 0.360 e. The monoisotopic (exact) mass is 214 g/mol. The molecule has 0 saturated heterocycles. The molecule has 0 spiro atoms. The number of nitrogen functional groups attached to an aromatic ring is 1. The molecule has 1 aromatic rings. The summed E-state index contributed by atoms with van der Waals surface area (Å²) in [5.41, 5.74) is 5.09. The Balaban J connectivity index is 3.45. The highest BCUT2D eigenvalue weighted by Gasteiger charge is 2.22. The van der Waals surface area contributed by atoms with Gasteiger partial charge in [0.05, 0.1) is 19.9 Å². The predicted octanol–water partition coefficient (Wildman–Crippen LogP) is 0.907. The van der Waals surface area contributed by atoms with Gasteiger partial charge in [-0.3, -0.25) is 0 Å². The normalized spacial score (nSPS) is 9.87. The molecule has 0 bridgehead atoms. The van der Waals surface area contributed by atoms with Gasteiger partial charge in [0.15, 0.2) is 17.3 Å². The number of carbonyl (C=O) groups is 1. The Morgan fingerprint density at radius 2 is 2.07 bits per heavy atom. The van der Waals surface area contributed by atoms with Crippen molar-refractivity contribution >= 4 is 11.7 Å². The molecule has 0 fully saturated rings. The van der Waals surface area contributed by atoms with Gasteiger partial charge >= 0.3 is 5.97 Å². The van der Waals surface area contributed by atoms with Crippen LogP contribution in [0.2, 0.25) is 0 Å². The predicted molar refractivity (Wildman–Crippen MR) is 51.2 cm³/mol. The van der Waals surface area contributed by atoms with Gasteiger partial charge in [-0.2, -0.15) is 0 Å². The highest BCUT2D eigenvalue weighted by Crippen LogP contribution is 2.29. The molecule has 1 rings (SSSR count). The minimum atomic E-state index is -0.721. The average Bonchev–Trinajstić information content (AvgIpc) is 2.24. The van der Waals surface area contributed by atoms with Crippen LogP contribution in [0.5, 0.6) is 5.75 Å². The van der Waals surface area contributed by atoms with Crippen molar-refractivity contribution in [3.8, 4) is 5.75 Å². The fraction of sp³-hybridized carbons (Fsp3) is 0.333. The number of hydrogen-bond acceptors (Lipinski definition) is 5. The van der Waals surface area contributed by atoms with Crippen LogP contribution >= 0.6 is 0 Å². The Morgan fingerprint density at radius 3 is 2.53 bits per heavy atom. The molecule has 1 aromatic heterocycles. The first-order chi connectivity index (χ1) is 7.02. The molecule has 0 amide bonds. The second kappa shape index (κ2) is 4.12. The van der Waals surface area contributed by atoms with Gasteiger partial charge in [0.25, 0.3) is 0 Å². The molecule has 0 saturated carbocycles. The van der Waals surface area contributed by atoms with Crippen LogP contribution in [0.3, 0.4) is 0 Å². The maximum absolute atomic E-state index is 13.3. The van der Waals surface area contributed by atoms with Gasteiger partial charge in [-0.1, -0.05) is 0 Å². The zero-order chi connectivity index (χ0) is 11.6. The van der Waals surface area contributed by atoms with E-state index in [4.69, 9.17) is 10.5 Å². The van der Waals surface area contributed by atoms with Gasteiger partial charge in [0, 0.05) is 0 Å². The Bertz CT molecular complexity index is 407. The van der Waals surface area contributed by atoms with E-state index in [1.165, 1.54) is 21.1 Å². The Hall–Kier alpha value is -1.85. The molecule has 0 atom stereocenters. The van der Waals surface area contributed by atoms with Crippen molar-refractivity contribution in [2.45, 2.75) is 6.92 Å². The number of nitrogens with zero attached hydrogens (tertiary/aromatic N) is 1. The van der Waals surface area contributed by atoms with Gasteiger partial charge in [-0.05, 0) is 6.92 Å². The third kappa shape index (κ3) is 1.83. The lowest BCUT2D eigenvalue weighted by Gasteiger charge is -2.10. The highest BCUT2D eigenvalue weighted by molar-refractivity contribution is 5.92. The first kappa shape index (κ1) is 11.2. The number of esters is 1. The van der Waals surface area contributed by atoms with Crippen LogP contribution in [-0.2, 0) is 4.74 Å². The second-order valence-electron chi connectivity index (χ2n) is 2.80. The van der Waals surface area contributed by atoms with Crippen molar-refractivity contribution in [2.75, 3.05) is 20.0 Å². The van der Waals surface area contributed by atoms with E-state index in [1.54, 1.807) is 0 Å². The molecule has 2 N–H and O–H groups in total. The van der Waals surface area contributed by atoms with E-state index >= 15 is 0 Å². The number of pyridine rings is 1. The zero-order valence-corrected chi connectivity index (χ0v) is 8.63. The molecule has 0 aliphatic rings. The van der Waals surface area contributed by atoms with Gasteiger partial charge in [0.2, 0.25) is 0 Å². The lowest BCUT2D eigenvalue weighted by atomic mass is 10.2. The van der Waals surface area contributed by atoms with Crippen molar-refractivity contribution in [3.05, 3.63) is 17.2 Å². The molecule has 0 aliphatic carbocycles. The molecule has 1 heterocycles. The molecule has 0 aliphatic heterocycles. The van der Waals surface area contributed by atoms with Crippen molar-refractivity contribution in [1.82, 2.24) is 4.98 Å². The van der Waals surface area contributed by atoms with E-state index in [0.29, 0.717) is 0 Å². The van der Waals surface area contributed by atoms with Gasteiger partial charge in [-0.15, -0.1) is 0 Å². The molecular formula is C9H11FN2O3. The minimum Gasteiger partial charge on any atom is -0.492 e. The van der Waals surface area contributed by atoms with E-state index in [1.807, 2.05) is 0 Å². The number of methoxy groups -OCH3 is 2. The molecular weight excluding hydrogens is 203 g/mol. The number of aryl methyl sites for hydroxylation is 1.